The maximum Gasteiger partial charge on any atom is 0.238 e. The zero-order valence-corrected chi connectivity index (χ0v) is 15.0. The van der Waals surface area contributed by atoms with Crippen LogP contribution < -0.4 is 9.88 Å². The Hall–Kier alpha value is -1.89. The topological polar surface area (TPSA) is 72.6 Å². The summed E-state index contributed by atoms with van der Waals surface area (Å²) in [5.41, 5.74) is 1.37. The van der Waals surface area contributed by atoms with E-state index in [4.69, 9.17) is 9.88 Å². The number of benzene rings is 2. The van der Waals surface area contributed by atoms with Crippen LogP contribution in [0, 0.1) is 0 Å². The largest absolute Gasteiger partial charge is 0.492 e. The maximum absolute atomic E-state index is 11.2. The minimum atomic E-state index is -3.65. The molecule has 0 amide bonds. The van der Waals surface area contributed by atoms with Gasteiger partial charge >= 0.3 is 0 Å². The van der Waals surface area contributed by atoms with Gasteiger partial charge in [0.25, 0.3) is 0 Å². The normalized spacial score (nSPS) is 18.4. The number of sulfonamides is 1. The second-order valence-corrected chi connectivity index (χ2v) is 7.95. The van der Waals surface area contributed by atoms with Crippen molar-refractivity contribution in [1.82, 2.24) is 4.90 Å². The Kier molecular flexibility index (Phi) is 5.73. The summed E-state index contributed by atoms with van der Waals surface area (Å²) in [6, 6.07) is 17.4. The van der Waals surface area contributed by atoms with E-state index >= 15 is 0 Å². The fraction of sp³-hybridized carbons (Fsp3) is 0.368. The van der Waals surface area contributed by atoms with E-state index in [9.17, 15) is 8.42 Å². The van der Waals surface area contributed by atoms with Crippen LogP contribution in [0.2, 0.25) is 0 Å². The Labute approximate surface area is 149 Å². The molecule has 1 heterocycles. The molecule has 2 aromatic rings. The van der Waals surface area contributed by atoms with Crippen molar-refractivity contribution in [3.8, 4) is 5.75 Å². The van der Waals surface area contributed by atoms with E-state index in [1.807, 2.05) is 6.07 Å². The van der Waals surface area contributed by atoms with Crippen LogP contribution in [0.3, 0.4) is 0 Å². The van der Waals surface area contributed by atoms with Crippen LogP contribution in [0.25, 0.3) is 0 Å². The molecule has 1 atom stereocenters. The summed E-state index contributed by atoms with van der Waals surface area (Å²) in [4.78, 5) is 2.58. The molecule has 25 heavy (non-hydrogen) atoms. The van der Waals surface area contributed by atoms with E-state index in [-0.39, 0.29) is 4.90 Å². The molecule has 2 aromatic carbocycles. The highest BCUT2D eigenvalue weighted by atomic mass is 32.2. The van der Waals surface area contributed by atoms with Crippen molar-refractivity contribution in [2.24, 2.45) is 5.14 Å². The summed E-state index contributed by atoms with van der Waals surface area (Å²) in [6.45, 7) is 2.56. The SMILES string of the molecule is NS(=O)(=O)c1ccc(OCCN2CCC[C@H]2Cc2ccccc2)cc1. The molecule has 0 bridgehead atoms. The zero-order chi connectivity index (χ0) is 17.7. The minimum Gasteiger partial charge on any atom is -0.492 e. The predicted octanol–water partition coefficient (Wildman–Crippen LogP) is 2.42. The molecule has 6 heteroatoms. The van der Waals surface area contributed by atoms with Gasteiger partial charge in [0, 0.05) is 12.6 Å². The standard InChI is InChI=1S/C19H24N2O3S/c20-25(22,23)19-10-8-18(9-11-19)24-14-13-21-12-4-7-17(21)15-16-5-2-1-3-6-16/h1-3,5-6,8-11,17H,4,7,12-15H2,(H2,20,22,23)/t17-/m0/s1. The molecule has 0 aromatic heterocycles. The lowest BCUT2D eigenvalue weighted by molar-refractivity contribution is 0.196. The number of nitrogens with zero attached hydrogens (tertiary/aromatic N) is 1. The molecule has 0 spiro atoms. The number of rotatable bonds is 7. The van der Waals surface area contributed by atoms with E-state index in [0.29, 0.717) is 18.4 Å². The summed E-state index contributed by atoms with van der Waals surface area (Å²) >= 11 is 0. The Morgan fingerprint density at radius 2 is 1.80 bits per heavy atom. The second kappa shape index (κ2) is 7.99. The molecule has 1 fully saturated rings. The number of hydrogen-bond acceptors (Lipinski definition) is 4. The van der Waals surface area contributed by atoms with Gasteiger partial charge in [-0.05, 0) is 55.6 Å². The lowest BCUT2D eigenvalue weighted by atomic mass is 10.0. The summed E-state index contributed by atoms with van der Waals surface area (Å²) in [5.74, 6) is 0.659. The molecule has 1 aliphatic rings. The van der Waals surface area contributed by atoms with Crippen LogP contribution in [0.5, 0.6) is 5.75 Å². The highest BCUT2D eigenvalue weighted by Crippen LogP contribution is 2.21. The highest BCUT2D eigenvalue weighted by Gasteiger charge is 2.24. The fourth-order valence-corrected chi connectivity index (χ4v) is 3.83. The lowest BCUT2D eigenvalue weighted by Crippen LogP contribution is -2.34. The third-order valence-electron chi connectivity index (χ3n) is 4.61. The number of hydrogen-bond donors (Lipinski definition) is 1. The molecule has 3 rings (SSSR count). The molecular weight excluding hydrogens is 336 g/mol. The van der Waals surface area contributed by atoms with Crippen LogP contribution in [0.1, 0.15) is 18.4 Å². The van der Waals surface area contributed by atoms with Crippen molar-refractivity contribution in [1.29, 1.82) is 0 Å². The van der Waals surface area contributed by atoms with Gasteiger partial charge in [0.1, 0.15) is 12.4 Å². The second-order valence-electron chi connectivity index (χ2n) is 6.39. The van der Waals surface area contributed by atoms with Gasteiger partial charge in [0.15, 0.2) is 0 Å². The maximum atomic E-state index is 11.2. The minimum absolute atomic E-state index is 0.0994. The first-order chi connectivity index (χ1) is 12.0. The number of primary sulfonamides is 1. The summed E-state index contributed by atoms with van der Waals surface area (Å²) < 4.78 is 28.3. The van der Waals surface area contributed by atoms with E-state index in [0.717, 1.165) is 19.5 Å². The molecule has 2 N–H and O–H groups in total. The average Bonchev–Trinajstić information content (AvgIpc) is 3.03. The first-order valence-electron chi connectivity index (χ1n) is 8.56. The van der Waals surface area contributed by atoms with E-state index in [1.54, 1.807) is 12.1 Å². The fourth-order valence-electron chi connectivity index (χ4n) is 3.31. The average molecular weight is 360 g/mol. The van der Waals surface area contributed by atoms with E-state index in [2.05, 4.69) is 29.2 Å². The quantitative estimate of drug-likeness (QED) is 0.823. The van der Waals surface area contributed by atoms with Gasteiger partial charge in [-0.3, -0.25) is 4.90 Å². The van der Waals surface area contributed by atoms with Crippen molar-refractivity contribution in [2.45, 2.75) is 30.2 Å². The molecule has 0 radical (unpaired) electrons. The summed E-state index contributed by atoms with van der Waals surface area (Å²) in [5, 5.41) is 5.09. The van der Waals surface area contributed by atoms with Gasteiger partial charge in [0.05, 0.1) is 4.90 Å². The van der Waals surface area contributed by atoms with Crippen LogP contribution in [0.15, 0.2) is 59.5 Å². The zero-order valence-electron chi connectivity index (χ0n) is 14.2. The number of ether oxygens (including phenoxy) is 1. The molecule has 0 aliphatic carbocycles. The Morgan fingerprint density at radius 3 is 2.48 bits per heavy atom. The van der Waals surface area contributed by atoms with Crippen molar-refractivity contribution in [3.05, 3.63) is 60.2 Å². The summed E-state index contributed by atoms with van der Waals surface area (Å²) in [6.07, 6.45) is 3.52. The van der Waals surface area contributed by atoms with Crippen LogP contribution in [-0.2, 0) is 16.4 Å². The van der Waals surface area contributed by atoms with Gasteiger partial charge in [-0.1, -0.05) is 30.3 Å². The molecule has 1 aliphatic heterocycles. The Morgan fingerprint density at radius 1 is 1.08 bits per heavy atom. The summed E-state index contributed by atoms with van der Waals surface area (Å²) in [7, 11) is -3.65. The smallest absolute Gasteiger partial charge is 0.238 e. The van der Waals surface area contributed by atoms with Gasteiger partial charge < -0.3 is 4.74 Å². The van der Waals surface area contributed by atoms with Gasteiger partial charge in [-0.2, -0.15) is 0 Å². The van der Waals surface area contributed by atoms with Gasteiger partial charge in [-0.15, -0.1) is 0 Å². The monoisotopic (exact) mass is 360 g/mol. The third kappa shape index (κ3) is 5.04. The van der Waals surface area contributed by atoms with Crippen LogP contribution >= 0.6 is 0 Å². The number of nitrogens with two attached hydrogens (primary N) is 1. The highest BCUT2D eigenvalue weighted by molar-refractivity contribution is 7.89. The van der Waals surface area contributed by atoms with E-state index in [1.165, 1.54) is 30.5 Å². The molecular formula is C19H24N2O3S. The van der Waals surface area contributed by atoms with Crippen molar-refractivity contribution in [2.75, 3.05) is 19.7 Å². The van der Waals surface area contributed by atoms with Crippen molar-refractivity contribution in [3.63, 3.8) is 0 Å². The lowest BCUT2D eigenvalue weighted by Gasteiger charge is -2.24. The van der Waals surface area contributed by atoms with Gasteiger partial charge in [-0.25, -0.2) is 13.6 Å². The van der Waals surface area contributed by atoms with E-state index < -0.39 is 10.0 Å². The molecule has 0 saturated carbocycles. The molecule has 134 valence electrons. The first kappa shape index (κ1) is 17.9. The predicted molar refractivity (Wildman–Crippen MR) is 98.1 cm³/mol. The molecule has 0 unspecified atom stereocenters. The third-order valence-corrected chi connectivity index (χ3v) is 5.54. The van der Waals surface area contributed by atoms with Gasteiger partial charge in [0.2, 0.25) is 10.0 Å². The molecule has 5 nitrogen and oxygen atoms in total. The van der Waals surface area contributed by atoms with Crippen molar-refractivity contribution < 1.29 is 13.2 Å². The Balaban J connectivity index is 1.49. The van der Waals surface area contributed by atoms with Crippen LogP contribution in [-0.4, -0.2) is 39.1 Å². The first-order valence-corrected chi connectivity index (χ1v) is 10.1. The molecule has 1 saturated heterocycles. The Bertz CT molecular complexity index is 776. The van der Waals surface area contributed by atoms with Crippen LogP contribution in [0.4, 0.5) is 0 Å². The number of likely N-dealkylation sites (tertiary alicyclic amines) is 1. The van der Waals surface area contributed by atoms with Crippen molar-refractivity contribution >= 4 is 10.0 Å².